The molecule has 108 valence electrons. The summed E-state index contributed by atoms with van der Waals surface area (Å²) in [5.41, 5.74) is 4.92. The summed E-state index contributed by atoms with van der Waals surface area (Å²) in [5, 5.41) is 3.77. The Balaban J connectivity index is 2.19. The van der Waals surface area contributed by atoms with E-state index in [0.717, 1.165) is 16.3 Å². The molecule has 0 aliphatic rings. The highest BCUT2D eigenvalue weighted by atomic mass is 35.5. The van der Waals surface area contributed by atoms with Crippen LogP contribution in [0.2, 0.25) is 5.02 Å². The van der Waals surface area contributed by atoms with Gasteiger partial charge in [0.25, 0.3) is 0 Å². The van der Waals surface area contributed by atoms with Gasteiger partial charge in [0.2, 0.25) is 0 Å². The number of pyridine rings is 1. The lowest BCUT2D eigenvalue weighted by atomic mass is 9.93. The van der Waals surface area contributed by atoms with E-state index in [1.165, 1.54) is 0 Å². The second-order valence-electron chi connectivity index (χ2n) is 5.70. The van der Waals surface area contributed by atoms with Crippen LogP contribution in [0.1, 0.15) is 43.1 Å². The van der Waals surface area contributed by atoms with Gasteiger partial charge in [-0.3, -0.25) is 16.3 Å². The smallest absolute Gasteiger partial charge is 0.0948 e. The van der Waals surface area contributed by atoms with Crippen molar-refractivity contribution in [3.63, 3.8) is 0 Å². The highest BCUT2D eigenvalue weighted by molar-refractivity contribution is 7.09. The number of hydrogen-bond acceptors (Lipinski definition) is 5. The van der Waals surface area contributed by atoms with E-state index in [1.807, 2.05) is 6.07 Å². The Morgan fingerprint density at radius 2 is 2.20 bits per heavy atom. The van der Waals surface area contributed by atoms with Gasteiger partial charge in [0.05, 0.1) is 21.8 Å². The Bertz CT molecular complexity index is 577. The van der Waals surface area contributed by atoms with Crippen LogP contribution in [0.4, 0.5) is 0 Å². The minimum absolute atomic E-state index is 0.0642. The first-order valence-corrected chi connectivity index (χ1v) is 7.68. The van der Waals surface area contributed by atoms with Crippen molar-refractivity contribution in [3.8, 4) is 0 Å². The van der Waals surface area contributed by atoms with Crippen LogP contribution in [-0.2, 0) is 11.8 Å². The Morgan fingerprint density at radius 1 is 1.45 bits per heavy atom. The Hall–Kier alpha value is -1.01. The zero-order valence-electron chi connectivity index (χ0n) is 11.9. The second-order valence-corrected chi connectivity index (χ2v) is 7.05. The van der Waals surface area contributed by atoms with Crippen LogP contribution in [0.3, 0.4) is 0 Å². The quantitative estimate of drug-likeness (QED) is 0.672. The highest BCUT2D eigenvalue weighted by Crippen LogP contribution is 2.28. The van der Waals surface area contributed by atoms with Crippen LogP contribution >= 0.6 is 22.9 Å². The number of aromatic nitrogens is 2. The number of hydrogen-bond donors (Lipinski definition) is 2. The SMILES string of the molecule is CC(C)(C)c1csc(CC(NN)c2ccncc2Cl)n1. The minimum Gasteiger partial charge on any atom is -0.271 e. The summed E-state index contributed by atoms with van der Waals surface area (Å²) < 4.78 is 0. The highest BCUT2D eigenvalue weighted by Gasteiger charge is 2.20. The summed E-state index contributed by atoms with van der Waals surface area (Å²) in [4.78, 5) is 8.68. The van der Waals surface area contributed by atoms with Crippen LogP contribution in [0.5, 0.6) is 0 Å². The van der Waals surface area contributed by atoms with Gasteiger partial charge >= 0.3 is 0 Å². The van der Waals surface area contributed by atoms with Crippen molar-refractivity contribution in [2.75, 3.05) is 0 Å². The topological polar surface area (TPSA) is 63.8 Å². The molecule has 2 rings (SSSR count). The van der Waals surface area contributed by atoms with Crippen LogP contribution in [0.25, 0.3) is 0 Å². The Kier molecular flexibility index (Phi) is 4.75. The van der Waals surface area contributed by atoms with E-state index in [2.05, 4.69) is 41.5 Å². The van der Waals surface area contributed by atoms with Crippen molar-refractivity contribution in [2.24, 2.45) is 5.84 Å². The second kappa shape index (κ2) is 6.18. The first-order valence-electron chi connectivity index (χ1n) is 6.42. The fourth-order valence-corrected chi connectivity index (χ4v) is 3.17. The summed E-state index contributed by atoms with van der Waals surface area (Å²) in [6.07, 6.45) is 4.05. The first-order chi connectivity index (χ1) is 9.41. The van der Waals surface area contributed by atoms with E-state index in [1.54, 1.807) is 23.7 Å². The molecule has 3 N–H and O–H groups in total. The molecule has 0 aromatic carbocycles. The molecular formula is C14H19ClN4S. The van der Waals surface area contributed by atoms with Gasteiger partial charge in [-0.15, -0.1) is 11.3 Å². The van der Waals surface area contributed by atoms with E-state index >= 15 is 0 Å². The van der Waals surface area contributed by atoms with E-state index in [-0.39, 0.29) is 11.5 Å². The third kappa shape index (κ3) is 3.55. The third-order valence-corrected chi connectivity index (χ3v) is 4.27. The number of nitrogens with two attached hydrogens (primary N) is 1. The van der Waals surface area contributed by atoms with Gasteiger partial charge in [0.1, 0.15) is 0 Å². The van der Waals surface area contributed by atoms with Gasteiger partial charge in [-0.25, -0.2) is 4.98 Å². The standard InChI is InChI=1S/C14H19ClN4S/c1-14(2,3)12-8-20-13(18-12)6-11(19-16)9-4-5-17-7-10(9)15/h4-5,7-8,11,19H,6,16H2,1-3H3. The van der Waals surface area contributed by atoms with Crippen molar-refractivity contribution < 1.29 is 0 Å². The molecule has 20 heavy (non-hydrogen) atoms. The molecule has 0 aliphatic heterocycles. The molecule has 0 bridgehead atoms. The minimum atomic E-state index is -0.0653. The summed E-state index contributed by atoms with van der Waals surface area (Å²) in [5.74, 6) is 5.66. The molecule has 2 heterocycles. The molecule has 0 fully saturated rings. The van der Waals surface area contributed by atoms with Crippen LogP contribution in [0, 0.1) is 0 Å². The maximum absolute atomic E-state index is 6.17. The molecule has 6 heteroatoms. The summed E-state index contributed by atoms with van der Waals surface area (Å²) in [6, 6.07) is 1.81. The van der Waals surface area contributed by atoms with Crippen LogP contribution < -0.4 is 11.3 Å². The molecule has 4 nitrogen and oxygen atoms in total. The number of hydrazine groups is 1. The lowest BCUT2D eigenvalue weighted by Crippen LogP contribution is -2.29. The van der Waals surface area contributed by atoms with Crippen molar-refractivity contribution in [1.82, 2.24) is 15.4 Å². The molecule has 0 amide bonds. The predicted molar refractivity (Wildman–Crippen MR) is 83.8 cm³/mol. The lowest BCUT2D eigenvalue weighted by Gasteiger charge is -2.17. The van der Waals surface area contributed by atoms with Crippen molar-refractivity contribution >= 4 is 22.9 Å². The zero-order valence-corrected chi connectivity index (χ0v) is 13.4. The largest absolute Gasteiger partial charge is 0.271 e. The average molecular weight is 311 g/mol. The van der Waals surface area contributed by atoms with Crippen LogP contribution in [0.15, 0.2) is 23.8 Å². The molecule has 0 spiro atoms. The van der Waals surface area contributed by atoms with E-state index in [0.29, 0.717) is 11.4 Å². The third-order valence-electron chi connectivity index (χ3n) is 3.08. The van der Waals surface area contributed by atoms with E-state index in [9.17, 15) is 0 Å². The number of nitrogens with zero attached hydrogens (tertiary/aromatic N) is 2. The molecule has 1 unspecified atom stereocenters. The molecular weight excluding hydrogens is 292 g/mol. The molecule has 2 aromatic rings. The lowest BCUT2D eigenvalue weighted by molar-refractivity contribution is 0.541. The molecule has 0 radical (unpaired) electrons. The van der Waals surface area contributed by atoms with Gasteiger partial charge in [-0.1, -0.05) is 32.4 Å². The Morgan fingerprint density at radius 3 is 2.75 bits per heavy atom. The van der Waals surface area contributed by atoms with Gasteiger partial charge in [-0.05, 0) is 11.6 Å². The predicted octanol–water partition coefficient (Wildman–Crippen LogP) is 3.24. The normalized spacial score (nSPS) is 13.4. The maximum Gasteiger partial charge on any atom is 0.0948 e. The van der Waals surface area contributed by atoms with Crippen molar-refractivity contribution in [1.29, 1.82) is 0 Å². The monoisotopic (exact) mass is 310 g/mol. The molecule has 1 atom stereocenters. The summed E-state index contributed by atoms with van der Waals surface area (Å²) in [6.45, 7) is 6.47. The average Bonchev–Trinajstić information content (AvgIpc) is 2.85. The fraction of sp³-hybridized carbons (Fsp3) is 0.429. The van der Waals surface area contributed by atoms with Gasteiger partial charge in [0, 0.05) is 29.6 Å². The van der Waals surface area contributed by atoms with E-state index < -0.39 is 0 Å². The summed E-state index contributed by atoms with van der Waals surface area (Å²) in [7, 11) is 0. The zero-order chi connectivity index (χ0) is 14.8. The summed E-state index contributed by atoms with van der Waals surface area (Å²) >= 11 is 7.82. The van der Waals surface area contributed by atoms with Crippen molar-refractivity contribution in [3.05, 3.63) is 45.1 Å². The molecule has 0 aliphatic carbocycles. The molecule has 2 aromatic heterocycles. The van der Waals surface area contributed by atoms with Crippen LogP contribution in [-0.4, -0.2) is 9.97 Å². The number of halogens is 1. The molecule has 0 saturated heterocycles. The van der Waals surface area contributed by atoms with Gasteiger partial charge < -0.3 is 0 Å². The number of thiazole rings is 1. The number of rotatable bonds is 4. The van der Waals surface area contributed by atoms with Gasteiger partial charge in [-0.2, -0.15) is 0 Å². The molecule has 0 saturated carbocycles. The van der Waals surface area contributed by atoms with E-state index in [4.69, 9.17) is 17.4 Å². The Labute approximate surface area is 128 Å². The first kappa shape index (κ1) is 15.4. The fourth-order valence-electron chi connectivity index (χ4n) is 1.85. The number of nitrogens with one attached hydrogen (secondary N) is 1. The van der Waals surface area contributed by atoms with Crippen molar-refractivity contribution in [2.45, 2.75) is 38.6 Å². The van der Waals surface area contributed by atoms with Gasteiger partial charge in [0.15, 0.2) is 0 Å². The maximum atomic E-state index is 6.17.